The van der Waals surface area contributed by atoms with Gasteiger partial charge in [0.25, 0.3) is 0 Å². The molecular formula is C52H33NO. The van der Waals surface area contributed by atoms with Crippen molar-refractivity contribution in [3.8, 4) is 22.3 Å². The first-order valence-corrected chi connectivity index (χ1v) is 18.5. The van der Waals surface area contributed by atoms with Gasteiger partial charge >= 0.3 is 0 Å². The van der Waals surface area contributed by atoms with Crippen molar-refractivity contribution in [1.29, 1.82) is 0 Å². The van der Waals surface area contributed by atoms with Crippen LogP contribution in [0, 0.1) is 0 Å². The Morgan fingerprint density at radius 3 is 1.76 bits per heavy atom. The van der Waals surface area contributed by atoms with Gasteiger partial charge in [0.1, 0.15) is 11.2 Å². The monoisotopic (exact) mass is 687 g/mol. The molecule has 2 nitrogen and oxygen atoms in total. The number of benzene rings is 10. The molecule has 0 fully saturated rings. The summed E-state index contributed by atoms with van der Waals surface area (Å²) in [6.07, 6.45) is 0. The molecule has 252 valence electrons. The number of furan rings is 1. The van der Waals surface area contributed by atoms with Crippen molar-refractivity contribution in [2.45, 2.75) is 0 Å². The van der Waals surface area contributed by atoms with E-state index in [2.05, 4.69) is 205 Å². The number of hydrogen-bond donors (Lipinski definition) is 0. The average molecular weight is 688 g/mol. The average Bonchev–Trinajstić information content (AvgIpc) is 3.64. The third-order valence-corrected chi connectivity index (χ3v) is 11.0. The van der Waals surface area contributed by atoms with Crippen LogP contribution in [0.5, 0.6) is 0 Å². The van der Waals surface area contributed by atoms with Crippen molar-refractivity contribution in [2.75, 3.05) is 4.90 Å². The lowest BCUT2D eigenvalue weighted by Gasteiger charge is -2.29. The zero-order valence-electron chi connectivity index (χ0n) is 29.4. The molecule has 1 heterocycles. The van der Waals surface area contributed by atoms with Crippen LogP contribution < -0.4 is 4.90 Å². The highest BCUT2D eigenvalue weighted by atomic mass is 16.3. The standard InChI is InChI=1S/C52H33NO/c1-2-15-37-32-39(27-26-34(37)12-1)38-16-9-17-40(33-38)53(50-25-11-21-43-41-18-5-3-13-35(41)28-30-45(43)50)49-24-8-7-20-44(49)46-22-10-23-47-48-31-29-36-14-4-6-19-42(36)51(48)54-52(46)47/h1-33H. The Labute approximate surface area is 312 Å². The van der Waals surface area contributed by atoms with Crippen LogP contribution in [0.25, 0.3) is 87.3 Å². The van der Waals surface area contributed by atoms with Crippen molar-refractivity contribution in [3.05, 3.63) is 200 Å². The fourth-order valence-electron chi connectivity index (χ4n) is 8.45. The minimum Gasteiger partial charge on any atom is -0.455 e. The van der Waals surface area contributed by atoms with Crippen LogP contribution in [-0.4, -0.2) is 0 Å². The van der Waals surface area contributed by atoms with E-state index in [1.54, 1.807) is 0 Å². The van der Waals surface area contributed by atoms with Gasteiger partial charge in [-0.15, -0.1) is 0 Å². The molecule has 0 amide bonds. The van der Waals surface area contributed by atoms with Crippen molar-refractivity contribution in [1.82, 2.24) is 0 Å². The molecule has 11 rings (SSSR count). The highest BCUT2D eigenvalue weighted by molar-refractivity contribution is 6.18. The van der Waals surface area contributed by atoms with Gasteiger partial charge in [-0.25, -0.2) is 0 Å². The van der Waals surface area contributed by atoms with Crippen molar-refractivity contribution < 1.29 is 4.42 Å². The Balaban J connectivity index is 1.17. The number of nitrogens with zero attached hydrogens (tertiary/aromatic N) is 1. The second-order valence-corrected chi connectivity index (χ2v) is 14.1. The fourth-order valence-corrected chi connectivity index (χ4v) is 8.45. The van der Waals surface area contributed by atoms with Gasteiger partial charge in [0.2, 0.25) is 0 Å². The van der Waals surface area contributed by atoms with E-state index in [9.17, 15) is 0 Å². The van der Waals surface area contributed by atoms with Crippen LogP contribution in [0.1, 0.15) is 0 Å². The molecule has 0 saturated heterocycles. The summed E-state index contributed by atoms with van der Waals surface area (Å²) < 4.78 is 6.91. The summed E-state index contributed by atoms with van der Waals surface area (Å²) in [5.74, 6) is 0. The molecule has 0 unspecified atom stereocenters. The second kappa shape index (κ2) is 12.2. The SMILES string of the molecule is c1cc(-c2ccc3ccccc3c2)cc(N(c2ccccc2-c2cccc3c2oc2c4ccccc4ccc32)c2cccc3c2ccc2ccccc23)c1. The normalized spacial score (nSPS) is 11.7. The lowest BCUT2D eigenvalue weighted by molar-refractivity contribution is 0.674. The molecule has 0 saturated carbocycles. The highest BCUT2D eigenvalue weighted by Gasteiger charge is 2.22. The molecule has 2 heteroatoms. The second-order valence-electron chi connectivity index (χ2n) is 14.1. The van der Waals surface area contributed by atoms with Gasteiger partial charge in [-0.2, -0.15) is 0 Å². The van der Waals surface area contributed by atoms with E-state index in [4.69, 9.17) is 4.42 Å². The summed E-state index contributed by atoms with van der Waals surface area (Å²) in [5, 5.41) is 11.9. The quantitative estimate of drug-likeness (QED) is 0.168. The third kappa shape index (κ3) is 4.81. The third-order valence-electron chi connectivity index (χ3n) is 11.0. The molecule has 0 atom stereocenters. The molecule has 0 aliphatic rings. The van der Waals surface area contributed by atoms with Crippen molar-refractivity contribution >= 4 is 82.1 Å². The lowest BCUT2D eigenvalue weighted by atomic mass is 9.96. The molecule has 0 radical (unpaired) electrons. The van der Waals surface area contributed by atoms with Crippen LogP contribution in [0.15, 0.2) is 205 Å². The Morgan fingerprint density at radius 1 is 0.296 bits per heavy atom. The maximum atomic E-state index is 6.91. The number of anilines is 3. The summed E-state index contributed by atoms with van der Waals surface area (Å²) in [6.45, 7) is 0. The van der Waals surface area contributed by atoms with Crippen molar-refractivity contribution in [3.63, 3.8) is 0 Å². The van der Waals surface area contributed by atoms with Crippen LogP contribution in [-0.2, 0) is 0 Å². The van der Waals surface area contributed by atoms with Crippen LogP contribution in [0.2, 0.25) is 0 Å². The van der Waals surface area contributed by atoms with Crippen molar-refractivity contribution in [2.24, 2.45) is 0 Å². The van der Waals surface area contributed by atoms with Gasteiger partial charge in [-0.3, -0.25) is 0 Å². The summed E-state index contributed by atoms with van der Waals surface area (Å²) in [7, 11) is 0. The smallest absolute Gasteiger partial charge is 0.143 e. The van der Waals surface area contributed by atoms with Gasteiger partial charge in [-0.05, 0) is 79.8 Å². The molecule has 1 aromatic heterocycles. The molecule has 10 aromatic carbocycles. The molecule has 0 bridgehead atoms. The molecule has 0 spiro atoms. The van der Waals surface area contributed by atoms with Gasteiger partial charge in [0.05, 0.1) is 11.4 Å². The van der Waals surface area contributed by atoms with Crippen LogP contribution in [0.4, 0.5) is 17.1 Å². The van der Waals surface area contributed by atoms with Gasteiger partial charge in [0, 0.05) is 38.4 Å². The summed E-state index contributed by atoms with van der Waals surface area (Å²) >= 11 is 0. The summed E-state index contributed by atoms with van der Waals surface area (Å²) in [4.78, 5) is 2.44. The minimum atomic E-state index is 0.894. The Hall–Kier alpha value is -7.16. The van der Waals surface area contributed by atoms with Gasteiger partial charge in [0.15, 0.2) is 0 Å². The number of rotatable bonds is 5. The number of para-hydroxylation sites is 2. The Kier molecular flexibility index (Phi) is 6.90. The summed E-state index contributed by atoms with van der Waals surface area (Å²) in [6, 6.07) is 72.3. The van der Waals surface area contributed by atoms with E-state index >= 15 is 0 Å². The van der Waals surface area contributed by atoms with E-state index in [-0.39, 0.29) is 0 Å². The first-order valence-electron chi connectivity index (χ1n) is 18.5. The largest absolute Gasteiger partial charge is 0.455 e. The first kappa shape index (κ1) is 30.5. The predicted octanol–water partition coefficient (Wildman–Crippen LogP) is 15.0. The number of hydrogen-bond acceptors (Lipinski definition) is 2. The predicted molar refractivity (Wildman–Crippen MR) is 229 cm³/mol. The Morgan fingerprint density at radius 2 is 0.870 bits per heavy atom. The maximum absolute atomic E-state index is 6.91. The zero-order valence-corrected chi connectivity index (χ0v) is 29.4. The lowest BCUT2D eigenvalue weighted by Crippen LogP contribution is -2.12. The number of fused-ring (bicyclic) bond motifs is 9. The zero-order chi connectivity index (χ0) is 35.6. The first-order chi connectivity index (χ1) is 26.8. The van der Waals surface area contributed by atoms with E-state index in [0.717, 1.165) is 61.1 Å². The van der Waals surface area contributed by atoms with E-state index in [1.807, 2.05) is 0 Å². The van der Waals surface area contributed by atoms with E-state index in [1.165, 1.54) is 43.3 Å². The topological polar surface area (TPSA) is 16.4 Å². The minimum absolute atomic E-state index is 0.894. The maximum Gasteiger partial charge on any atom is 0.143 e. The summed E-state index contributed by atoms with van der Waals surface area (Å²) in [5.41, 5.74) is 9.60. The van der Waals surface area contributed by atoms with Crippen LogP contribution in [0.3, 0.4) is 0 Å². The fraction of sp³-hybridized carbons (Fsp3) is 0. The molecule has 0 N–H and O–H groups in total. The highest BCUT2D eigenvalue weighted by Crippen LogP contribution is 2.47. The molecule has 11 aromatic rings. The Bertz CT molecular complexity index is 3240. The molecule has 54 heavy (non-hydrogen) atoms. The molecule has 0 aliphatic heterocycles. The van der Waals surface area contributed by atoms with Gasteiger partial charge in [-0.1, -0.05) is 164 Å². The van der Waals surface area contributed by atoms with E-state index in [0.29, 0.717) is 0 Å². The van der Waals surface area contributed by atoms with Gasteiger partial charge < -0.3 is 9.32 Å². The van der Waals surface area contributed by atoms with E-state index < -0.39 is 0 Å². The molecular weight excluding hydrogens is 655 g/mol. The van der Waals surface area contributed by atoms with Crippen LogP contribution >= 0.6 is 0 Å². The molecule has 0 aliphatic carbocycles.